The molecule has 3 rings (SSSR count). The molecule has 34 heavy (non-hydrogen) atoms. The predicted molar refractivity (Wildman–Crippen MR) is 136 cm³/mol. The number of fused-ring (bicyclic) bond motifs is 1. The molecule has 1 unspecified atom stereocenters. The highest BCUT2D eigenvalue weighted by atomic mass is 19.1. The molecule has 10 heteroatoms. The highest BCUT2D eigenvalue weighted by molar-refractivity contribution is 5.94. The van der Waals surface area contributed by atoms with Gasteiger partial charge in [-0.2, -0.15) is 5.10 Å². The molecule has 0 spiro atoms. The fourth-order valence-corrected chi connectivity index (χ4v) is 3.47. The summed E-state index contributed by atoms with van der Waals surface area (Å²) < 4.78 is 20.6. The van der Waals surface area contributed by atoms with Gasteiger partial charge in [0.05, 0.1) is 0 Å². The second-order valence-electron chi connectivity index (χ2n) is 8.06. The Labute approximate surface area is 199 Å². The van der Waals surface area contributed by atoms with Gasteiger partial charge in [-0.25, -0.2) is 14.4 Å². The lowest BCUT2D eigenvalue weighted by Crippen LogP contribution is -2.40. The average molecular weight is 469 g/mol. The molecule has 0 fully saturated rings. The van der Waals surface area contributed by atoms with Crippen molar-refractivity contribution in [2.75, 3.05) is 32.2 Å². The number of aliphatic imine (C=N–C) groups is 2. The molecule has 0 saturated heterocycles. The van der Waals surface area contributed by atoms with E-state index in [0.717, 1.165) is 16.9 Å². The van der Waals surface area contributed by atoms with Crippen molar-refractivity contribution in [3.63, 3.8) is 0 Å². The van der Waals surface area contributed by atoms with Gasteiger partial charge in [0, 0.05) is 53.6 Å². The van der Waals surface area contributed by atoms with Gasteiger partial charge in [-0.3, -0.25) is 5.10 Å². The van der Waals surface area contributed by atoms with E-state index < -0.39 is 5.82 Å². The summed E-state index contributed by atoms with van der Waals surface area (Å²) in [6, 6.07) is 7.25. The average Bonchev–Trinajstić information content (AvgIpc) is 3.42. The number of ether oxygens (including phenoxy) is 1. The van der Waals surface area contributed by atoms with E-state index in [4.69, 9.17) is 4.74 Å². The number of anilines is 1. The summed E-state index contributed by atoms with van der Waals surface area (Å²) in [6.45, 7) is 12.9. The fraction of sp³-hybridized carbons (Fsp3) is 0.375. The Kier molecular flexibility index (Phi) is 8.42. The van der Waals surface area contributed by atoms with Crippen molar-refractivity contribution in [1.82, 2.24) is 25.4 Å². The maximum absolute atomic E-state index is 14.9. The summed E-state index contributed by atoms with van der Waals surface area (Å²) in [7, 11) is 1.91. The van der Waals surface area contributed by atoms with Gasteiger partial charge in [0.25, 0.3) is 0 Å². The molecule has 3 aromatic rings. The van der Waals surface area contributed by atoms with Crippen molar-refractivity contribution in [2.45, 2.75) is 33.7 Å². The molecule has 0 aliphatic rings. The van der Waals surface area contributed by atoms with Crippen LogP contribution in [-0.2, 0) is 0 Å². The van der Waals surface area contributed by atoms with E-state index in [1.165, 1.54) is 0 Å². The van der Waals surface area contributed by atoms with Crippen molar-refractivity contribution >= 4 is 29.3 Å². The summed E-state index contributed by atoms with van der Waals surface area (Å²) in [5, 5.41) is 13.9. The minimum atomic E-state index is -0.408. The number of aryl methyl sites for hydroxylation is 2. The molecule has 2 aromatic heterocycles. The van der Waals surface area contributed by atoms with Crippen LogP contribution >= 0.6 is 0 Å². The molecule has 0 bridgehead atoms. The number of amidine groups is 1. The zero-order valence-electron chi connectivity index (χ0n) is 20.4. The second-order valence-corrected chi connectivity index (χ2v) is 8.06. The molecule has 1 atom stereocenters. The lowest BCUT2D eigenvalue weighted by molar-refractivity contribution is 0.310. The number of aromatic nitrogens is 3. The Balaban J connectivity index is 1.85. The van der Waals surface area contributed by atoms with Crippen molar-refractivity contribution in [3.05, 3.63) is 53.4 Å². The number of rotatable bonds is 11. The summed E-state index contributed by atoms with van der Waals surface area (Å²) in [5.74, 6) is 1.48. The molecular formula is C24H33FN8O. The van der Waals surface area contributed by atoms with Crippen molar-refractivity contribution in [3.8, 4) is 5.75 Å². The number of hydrogen-bond donors (Lipinski definition) is 4. The maximum Gasteiger partial charge on any atom is 0.181 e. The molecule has 0 amide bonds. The highest BCUT2D eigenvalue weighted by Crippen LogP contribution is 2.27. The van der Waals surface area contributed by atoms with E-state index in [9.17, 15) is 4.39 Å². The monoisotopic (exact) mass is 468 g/mol. The minimum absolute atomic E-state index is 0.0615. The molecule has 0 radical (unpaired) electrons. The van der Waals surface area contributed by atoms with Crippen LogP contribution in [0.2, 0.25) is 0 Å². The van der Waals surface area contributed by atoms with Gasteiger partial charge in [0.1, 0.15) is 11.7 Å². The Hall–Kier alpha value is -3.66. The summed E-state index contributed by atoms with van der Waals surface area (Å²) in [4.78, 5) is 13.9. The maximum atomic E-state index is 14.9. The van der Waals surface area contributed by atoms with Crippen LogP contribution in [0.4, 0.5) is 10.2 Å². The highest BCUT2D eigenvalue weighted by Gasteiger charge is 2.14. The van der Waals surface area contributed by atoms with Crippen LogP contribution in [0.15, 0.2) is 46.1 Å². The van der Waals surface area contributed by atoms with Crippen LogP contribution < -0.4 is 15.4 Å². The molecule has 182 valence electrons. The van der Waals surface area contributed by atoms with Crippen LogP contribution in [-0.4, -0.2) is 65.5 Å². The molecule has 2 heterocycles. The molecule has 0 aliphatic carbocycles. The van der Waals surface area contributed by atoms with E-state index >= 15 is 0 Å². The lowest BCUT2D eigenvalue weighted by Gasteiger charge is -2.26. The normalized spacial score (nSPS) is 13.2. The summed E-state index contributed by atoms with van der Waals surface area (Å²) >= 11 is 0. The van der Waals surface area contributed by atoms with Gasteiger partial charge in [-0.05, 0) is 59.7 Å². The van der Waals surface area contributed by atoms with Crippen LogP contribution in [0.1, 0.15) is 25.2 Å². The smallest absolute Gasteiger partial charge is 0.181 e. The first-order valence-corrected chi connectivity index (χ1v) is 11.2. The van der Waals surface area contributed by atoms with Crippen LogP contribution in [0.5, 0.6) is 5.75 Å². The third-order valence-electron chi connectivity index (χ3n) is 5.37. The number of benzene rings is 1. The molecule has 0 aliphatic heterocycles. The van der Waals surface area contributed by atoms with Crippen molar-refractivity contribution in [1.29, 1.82) is 0 Å². The Morgan fingerprint density at radius 1 is 1.32 bits per heavy atom. The van der Waals surface area contributed by atoms with Crippen molar-refractivity contribution in [2.24, 2.45) is 9.98 Å². The molecule has 4 N–H and O–H groups in total. The molecule has 0 saturated carbocycles. The first-order valence-electron chi connectivity index (χ1n) is 11.2. The van der Waals surface area contributed by atoms with Gasteiger partial charge < -0.3 is 25.3 Å². The quantitative estimate of drug-likeness (QED) is 0.252. The van der Waals surface area contributed by atoms with Gasteiger partial charge >= 0.3 is 0 Å². The Bertz CT molecular complexity index is 1180. The van der Waals surface area contributed by atoms with Crippen molar-refractivity contribution < 1.29 is 9.13 Å². The molecule has 9 nitrogen and oxygen atoms in total. The third kappa shape index (κ3) is 6.22. The van der Waals surface area contributed by atoms with E-state index in [1.54, 1.807) is 24.3 Å². The Morgan fingerprint density at radius 2 is 2.12 bits per heavy atom. The SMILES string of the molecule is C=N/C(=C\C(=N/COc1ccc2[nH]c(C)cc2c1F)N(CC)CC(C)NC)Nc1cc(C)[nH]n1. The van der Waals surface area contributed by atoms with E-state index in [-0.39, 0.29) is 18.5 Å². The van der Waals surface area contributed by atoms with Gasteiger partial charge in [-0.15, -0.1) is 0 Å². The largest absolute Gasteiger partial charge is 0.468 e. The summed E-state index contributed by atoms with van der Waals surface area (Å²) in [5.41, 5.74) is 2.54. The second kappa shape index (κ2) is 11.5. The lowest BCUT2D eigenvalue weighted by atomic mass is 10.2. The predicted octanol–water partition coefficient (Wildman–Crippen LogP) is 3.97. The van der Waals surface area contributed by atoms with Gasteiger partial charge in [0.15, 0.2) is 24.1 Å². The first-order chi connectivity index (χ1) is 16.3. The third-order valence-corrected chi connectivity index (χ3v) is 5.37. The number of nitrogens with one attached hydrogen (secondary N) is 4. The van der Waals surface area contributed by atoms with Crippen LogP contribution in [0.25, 0.3) is 10.9 Å². The molecule has 1 aromatic carbocycles. The number of hydrogen-bond acceptors (Lipinski definition) is 6. The number of nitrogens with zero attached hydrogens (tertiary/aromatic N) is 4. The van der Waals surface area contributed by atoms with E-state index in [1.807, 2.05) is 33.9 Å². The first kappa shape index (κ1) is 25.0. The van der Waals surface area contributed by atoms with Gasteiger partial charge in [0.2, 0.25) is 0 Å². The summed E-state index contributed by atoms with van der Waals surface area (Å²) in [6.07, 6.45) is 1.78. The van der Waals surface area contributed by atoms with Crippen LogP contribution in [0, 0.1) is 19.7 Å². The number of H-pyrrole nitrogens is 2. The standard InChI is InChI=1S/C24H33FN8O/c1-7-33(13-17(4)26-5)23(12-21(27-6)30-22-11-16(3)31-32-22)28-14-34-20-9-8-19-18(24(20)25)10-15(2)29-19/h8-12,17,26,29H,6-7,13-14H2,1-5H3,(H2,30,31,32)/b21-12+,28-23+. The zero-order valence-corrected chi connectivity index (χ0v) is 20.4. The van der Waals surface area contributed by atoms with E-state index in [0.29, 0.717) is 36.0 Å². The van der Waals surface area contributed by atoms with E-state index in [2.05, 4.69) is 54.3 Å². The number of halogens is 1. The minimum Gasteiger partial charge on any atom is -0.468 e. The molecular weight excluding hydrogens is 435 g/mol. The Morgan fingerprint density at radius 3 is 2.76 bits per heavy atom. The fourth-order valence-electron chi connectivity index (χ4n) is 3.47. The van der Waals surface area contributed by atoms with Crippen LogP contribution in [0.3, 0.4) is 0 Å². The van der Waals surface area contributed by atoms with Gasteiger partial charge in [-0.1, -0.05) is 0 Å². The zero-order chi connectivity index (χ0) is 24.7. The number of aromatic amines is 2. The number of likely N-dealkylation sites (N-methyl/N-ethyl adjacent to an activating group) is 2. The topological polar surface area (TPSA) is 106 Å².